The molecule has 0 atom stereocenters. The van der Waals surface area contributed by atoms with Gasteiger partial charge in [-0.2, -0.15) is 0 Å². The molecule has 1 N–H and O–H groups in total. The van der Waals surface area contributed by atoms with Crippen LogP contribution >= 0.6 is 0 Å². The van der Waals surface area contributed by atoms with Crippen LogP contribution in [0.2, 0.25) is 0 Å². The number of fused-ring (bicyclic) bond motifs is 5. The number of hydrogen-bond acceptors (Lipinski definition) is 2. The van der Waals surface area contributed by atoms with Crippen LogP contribution in [0, 0.1) is 5.82 Å². The Bertz CT molecular complexity index is 1090. The summed E-state index contributed by atoms with van der Waals surface area (Å²) >= 11 is 0. The quantitative estimate of drug-likeness (QED) is 0.540. The van der Waals surface area contributed by atoms with Crippen molar-refractivity contribution in [1.82, 2.24) is 0 Å². The first-order valence-electron chi connectivity index (χ1n) is 9.96. The average molecular weight is 373 g/mol. The van der Waals surface area contributed by atoms with Crippen molar-refractivity contribution < 1.29 is 9.13 Å². The van der Waals surface area contributed by atoms with E-state index in [1.807, 2.05) is 6.07 Å². The fourth-order valence-electron chi connectivity index (χ4n) is 4.69. The molecule has 0 aromatic heterocycles. The van der Waals surface area contributed by atoms with Crippen LogP contribution in [0.4, 0.5) is 10.1 Å². The maximum atomic E-state index is 14.6. The molecule has 28 heavy (non-hydrogen) atoms. The van der Waals surface area contributed by atoms with E-state index in [4.69, 9.17) is 4.74 Å². The summed E-state index contributed by atoms with van der Waals surface area (Å²) in [6.07, 6.45) is 9.71. The van der Waals surface area contributed by atoms with E-state index >= 15 is 0 Å². The summed E-state index contributed by atoms with van der Waals surface area (Å²) in [6.45, 7) is 6.49. The molecule has 5 rings (SSSR count). The molecule has 0 bridgehead atoms. The average Bonchev–Trinajstić information content (AvgIpc) is 2.67. The lowest BCUT2D eigenvalue weighted by Crippen LogP contribution is -2.32. The Balaban J connectivity index is 1.86. The molecule has 0 fully saturated rings. The van der Waals surface area contributed by atoms with Crippen molar-refractivity contribution in [3.8, 4) is 16.9 Å². The molecule has 2 aromatic rings. The zero-order valence-corrected chi connectivity index (χ0v) is 16.5. The number of anilines is 1. The Morgan fingerprint density at radius 1 is 1.07 bits per heavy atom. The van der Waals surface area contributed by atoms with E-state index in [1.54, 1.807) is 6.07 Å². The van der Waals surface area contributed by atoms with E-state index in [0.717, 1.165) is 58.5 Å². The SMILES string of the molecule is CC1=CC(C)(C)Nc2ccc3c(c21)/C(=C1\C=CCCC1)Oc1c(F)cccc1-3. The number of ether oxygens (including phenoxy) is 1. The van der Waals surface area contributed by atoms with E-state index < -0.39 is 0 Å². The predicted molar refractivity (Wildman–Crippen MR) is 114 cm³/mol. The van der Waals surface area contributed by atoms with Gasteiger partial charge in [0.15, 0.2) is 11.6 Å². The van der Waals surface area contributed by atoms with E-state index in [-0.39, 0.29) is 11.4 Å². The highest BCUT2D eigenvalue weighted by Crippen LogP contribution is 2.50. The van der Waals surface area contributed by atoms with Crippen molar-refractivity contribution in [3.05, 3.63) is 71.1 Å². The van der Waals surface area contributed by atoms with Crippen molar-refractivity contribution >= 4 is 17.0 Å². The molecule has 1 aliphatic carbocycles. The lowest BCUT2D eigenvalue weighted by Gasteiger charge is -2.35. The molecule has 142 valence electrons. The molecule has 2 aliphatic heterocycles. The number of allylic oxidation sites excluding steroid dienone is 4. The standard InChI is InChI=1S/C25H24FNO/c1-15-14-25(2,3)27-20-13-12-17-18-10-7-11-19(26)24(18)28-23(22(17)21(15)20)16-8-5-4-6-9-16/h5,7-8,10-14,27H,4,6,9H2,1-3H3/b23-16-. The Labute approximate surface area is 165 Å². The van der Waals surface area contributed by atoms with Crippen molar-refractivity contribution in [2.24, 2.45) is 0 Å². The Kier molecular flexibility index (Phi) is 3.77. The second-order valence-electron chi connectivity index (χ2n) is 8.45. The molecule has 0 spiro atoms. The van der Waals surface area contributed by atoms with Gasteiger partial charge in [-0.1, -0.05) is 36.4 Å². The van der Waals surface area contributed by atoms with Crippen LogP contribution < -0.4 is 10.1 Å². The van der Waals surface area contributed by atoms with Crippen LogP contribution in [0.15, 0.2) is 54.1 Å². The van der Waals surface area contributed by atoms with Gasteiger partial charge >= 0.3 is 0 Å². The number of benzene rings is 2. The zero-order valence-electron chi connectivity index (χ0n) is 16.5. The first kappa shape index (κ1) is 17.3. The molecular weight excluding hydrogens is 349 g/mol. The van der Waals surface area contributed by atoms with Gasteiger partial charge in [-0.25, -0.2) is 4.39 Å². The summed E-state index contributed by atoms with van der Waals surface area (Å²) < 4.78 is 20.9. The maximum Gasteiger partial charge on any atom is 0.170 e. The first-order chi connectivity index (χ1) is 13.4. The summed E-state index contributed by atoms with van der Waals surface area (Å²) in [4.78, 5) is 0. The minimum atomic E-state index is -0.315. The van der Waals surface area contributed by atoms with Gasteiger partial charge in [-0.15, -0.1) is 0 Å². The van der Waals surface area contributed by atoms with Gasteiger partial charge < -0.3 is 10.1 Å². The first-order valence-corrected chi connectivity index (χ1v) is 9.96. The van der Waals surface area contributed by atoms with E-state index in [1.165, 1.54) is 11.6 Å². The molecule has 0 amide bonds. The molecular formula is C25H24FNO. The Morgan fingerprint density at radius 2 is 1.93 bits per heavy atom. The van der Waals surface area contributed by atoms with Crippen molar-refractivity contribution in [2.45, 2.75) is 45.6 Å². The second kappa shape index (κ2) is 6.10. The third-order valence-electron chi connectivity index (χ3n) is 5.75. The van der Waals surface area contributed by atoms with Gasteiger partial charge in [0.2, 0.25) is 0 Å². The summed E-state index contributed by atoms with van der Waals surface area (Å²) in [5.74, 6) is 0.821. The highest BCUT2D eigenvalue weighted by Gasteiger charge is 2.33. The van der Waals surface area contributed by atoms with Gasteiger partial charge in [-0.3, -0.25) is 0 Å². The Morgan fingerprint density at radius 3 is 2.71 bits per heavy atom. The van der Waals surface area contributed by atoms with Crippen LogP contribution in [-0.2, 0) is 0 Å². The molecule has 2 heterocycles. The predicted octanol–water partition coefficient (Wildman–Crippen LogP) is 6.94. The third-order valence-corrected chi connectivity index (χ3v) is 5.75. The van der Waals surface area contributed by atoms with Crippen LogP contribution in [0.1, 0.15) is 51.2 Å². The molecule has 0 saturated carbocycles. The minimum Gasteiger partial charge on any atom is -0.453 e. The normalized spacial score (nSPS) is 21.6. The molecule has 0 saturated heterocycles. The highest BCUT2D eigenvalue weighted by molar-refractivity contribution is 5.98. The minimum absolute atomic E-state index is 0.108. The van der Waals surface area contributed by atoms with E-state index in [2.05, 4.69) is 56.4 Å². The van der Waals surface area contributed by atoms with Gasteiger partial charge in [0.25, 0.3) is 0 Å². The van der Waals surface area contributed by atoms with Gasteiger partial charge in [0, 0.05) is 22.4 Å². The number of para-hydroxylation sites is 1. The summed E-state index contributed by atoms with van der Waals surface area (Å²) in [5, 5.41) is 3.63. The number of nitrogens with one attached hydrogen (secondary N) is 1. The lowest BCUT2D eigenvalue weighted by atomic mass is 9.82. The Hall–Kier alpha value is -2.81. The van der Waals surface area contributed by atoms with Gasteiger partial charge in [0.1, 0.15) is 5.76 Å². The molecule has 0 radical (unpaired) electrons. The zero-order chi connectivity index (χ0) is 19.5. The molecule has 3 aliphatic rings. The number of hydrogen-bond donors (Lipinski definition) is 1. The third kappa shape index (κ3) is 2.61. The fraction of sp³-hybridized carbons (Fsp3) is 0.280. The molecule has 2 nitrogen and oxygen atoms in total. The number of rotatable bonds is 0. The topological polar surface area (TPSA) is 21.3 Å². The van der Waals surface area contributed by atoms with Crippen LogP contribution in [0.5, 0.6) is 5.75 Å². The smallest absolute Gasteiger partial charge is 0.170 e. The van der Waals surface area contributed by atoms with Crippen molar-refractivity contribution in [3.63, 3.8) is 0 Å². The van der Waals surface area contributed by atoms with E-state index in [0.29, 0.717) is 5.75 Å². The van der Waals surface area contributed by atoms with Crippen molar-refractivity contribution in [2.75, 3.05) is 5.32 Å². The fourth-order valence-corrected chi connectivity index (χ4v) is 4.69. The highest BCUT2D eigenvalue weighted by atomic mass is 19.1. The molecule has 0 unspecified atom stereocenters. The number of halogens is 1. The van der Waals surface area contributed by atoms with Gasteiger partial charge in [-0.05, 0) is 68.9 Å². The maximum absolute atomic E-state index is 14.6. The van der Waals surface area contributed by atoms with Crippen LogP contribution in [-0.4, -0.2) is 5.54 Å². The monoisotopic (exact) mass is 373 g/mol. The molecule has 2 aromatic carbocycles. The van der Waals surface area contributed by atoms with Crippen LogP contribution in [0.3, 0.4) is 0 Å². The summed E-state index contributed by atoms with van der Waals surface area (Å²) in [6, 6.07) is 9.39. The molecule has 3 heteroatoms. The summed E-state index contributed by atoms with van der Waals surface area (Å²) in [7, 11) is 0. The van der Waals surface area contributed by atoms with Gasteiger partial charge in [0.05, 0.1) is 5.54 Å². The van der Waals surface area contributed by atoms with Crippen LogP contribution in [0.25, 0.3) is 22.5 Å². The largest absolute Gasteiger partial charge is 0.453 e. The lowest BCUT2D eigenvalue weighted by molar-refractivity contribution is 0.459. The second-order valence-corrected chi connectivity index (χ2v) is 8.45. The summed E-state index contributed by atoms with van der Waals surface area (Å²) in [5.41, 5.74) is 7.45. The van der Waals surface area contributed by atoms with E-state index in [9.17, 15) is 4.39 Å². The van der Waals surface area contributed by atoms with Crippen molar-refractivity contribution in [1.29, 1.82) is 0 Å².